The molecule has 0 atom stereocenters. The van der Waals surface area contributed by atoms with E-state index in [2.05, 4.69) is 22.4 Å². The van der Waals surface area contributed by atoms with Crippen molar-refractivity contribution in [3.63, 3.8) is 0 Å². The van der Waals surface area contributed by atoms with Crippen LogP contribution in [0.4, 0.5) is 0 Å². The van der Waals surface area contributed by atoms with Crippen molar-refractivity contribution in [3.8, 4) is 11.1 Å². The van der Waals surface area contributed by atoms with Gasteiger partial charge in [0, 0.05) is 24.2 Å². The maximum Gasteiger partial charge on any atom is 0.173 e. The van der Waals surface area contributed by atoms with Crippen LogP contribution in [-0.2, 0) is 5.60 Å². The van der Waals surface area contributed by atoms with Crippen LogP contribution in [-0.4, -0.2) is 24.0 Å². The maximum atomic E-state index is 11.4. The summed E-state index contributed by atoms with van der Waals surface area (Å²) in [6.45, 7) is 1.64. The maximum absolute atomic E-state index is 11.4. The molecule has 2 aliphatic rings. The van der Waals surface area contributed by atoms with Crippen molar-refractivity contribution < 1.29 is 5.11 Å². The molecule has 0 radical (unpaired) electrons. The molecule has 3 nitrogen and oxygen atoms in total. The fourth-order valence-electron chi connectivity index (χ4n) is 3.24. The molecule has 0 unspecified atom stereocenters. The Labute approximate surface area is 118 Å². The summed E-state index contributed by atoms with van der Waals surface area (Å²) in [7, 11) is 0. The Hall–Kier alpha value is -2.13. The summed E-state index contributed by atoms with van der Waals surface area (Å²) in [5, 5.41) is 14.7. The van der Waals surface area contributed by atoms with Gasteiger partial charge in [0.15, 0.2) is 5.60 Å². The highest BCUT2D eigenvalue weighted by molar-refractivity contribution is 6.02. The van der Waals surface area contributed by atoms with Crippen molar-refractivity contribution in [2.45, 2.75) is 12.0 Å². The number of rotatable bonds is 1. The molecule has 0 fully saturated rings. The predicted molar refractivity (Wildman–Crippen MR) is 79.8 cm³/mol. The molecule has 2 aromatic rings. The quantitative estimate of drug-likeness (QED) is 0.830. The Bertz CT molecular complexity index is 660. The van der Waals surface area contributed by atoms with Crippen LogP contribution in [0.25, 0.3) is 11.1 Å². The van der Waals surface area contributed by atoms with Gasteiger partial charge >= 0.3 is 0 Å². The summed E-state index contributed by atoms with van der Waals surface area (Å²) < 4.78 is 0. The third kappa shape index (κ3) is 1.41. The first-order chi connectivity index (χ1) is 9.82. The number of aliphatic hydroxyl groups is 1. The van der Waals surface area contributed by atoms with E-state index in [-0.39, 0.29) is 0 Å². The molecule has 0 aromatic heterocycles. The molecule has 0 spiro atoms. The molecule has 0 saturated carbocycles. The van der Waals surface area contributed by atoms with Gasteiger partial charge in [0.05, 0.1) is 0 Å². The number of nitrogens with one attached hydrogen (secondary N) is 1. The Morgan fingerprint density at radius 2 is 1.55 bits per heavy atom. The van der Waals surface area contributed by atoms with E-state index in [1.165, 1.54) is 0 Å². The van der Waals surface area contributed by atoms with E-state index in [9.17, 15) is 5.11 Å². The molecule has 1 heterocycles. The summed E-state index contributed by atoms with van der Waals surface area (Å²) in [6.07, 6.45) is 1.02. The fraction of sp³-hybridized carbons (Fsp3) is 0.235. The minimum Gasteiger partial charge on any atom is -0.373 e. The van der Waals surface area contributed by atoms with Crippen molar-refractivity contribution in [2.75, 3.05) is 13.1 Å². The number of aliphatic imine (C=N–C) groups is 1. The van der Waals surface area contributed by atoms with Gasteiger partial charge in [-0.25, -0.2) is 0 Å². The second-order valence-electron chi connectivity index (χ2n) is 5.31. The number of benzene rings is 2. The van der Waals surface area contributed by atoms with Crippen LogP contribution in [0, 0.1) is 0 Å². The van der Waals surface area contributed by atoms with Crippen molar-refractivity contribution in [1.29, 1.82) is 0 Å². The number of fused-ring (bicyclic) bond motifs is 3. The zero-order chi connectivity index (χ0) is 13.6. The lowest BCUT2D eigenvalue weighted by molar-refractivity contribution is 0.155. The molecule has 0 bridgehead atoms. The van der Waals surface area contributed by atoms with Gasteiger partial charge in [0.2, 0.25) is 0 Å². The summed E-state index contributed by atoms with van der Waals surface area (Å²) >= 11 is 0. The Morgan fingerprint density at radius 1 is 0.950 bits per heavy atom. The molecular formula is C17H16N2O. The van der Waals surface area contributed by atoms with Gasteiger partial charge in [0.1, 0.15) is 5.84 Å². The van der Waals surface area contributed by atoms with E-state index in [4.69, 9.17) is 0 Å². The van der Waals surface area contributed by atoms with E-state index >= 15 is 0 Å². The molecule has 1 aliphatic carbocycles. The van der Waals surface area contributed by atoms with Gasteiger partial charge in [0.25, 0.3) is 0 Å². The predicted octanol–water partition coefficient (Wildman–Crippen LogP) is 2.29. The monoisotopic (exact) mass is 264 g/mol. The first-order valence-electron chi connectivity index (χ1n) is 7.02. The van der Waals surface area contributed by atoms with Crippen molar-refractivity contribution in [3.05, 3.63) is 59.7 Å². The highest BCUT2D eigenvalue weighted by atomic mass is 16.3. The normalized spacial score (nSPS) is 18.8. The van der Waals surface area contributed by atoms with Crippen molar-refractivity contribution in [2.24, 2.45) is 4.99 Å². The number of amidine groups is 1. The van der Waals surface area contributed by atoms with E-state index in [1.807, 2.05) is 36.4 Å². The third-order valence-electron chi connectivity index (χ3n) is 4.16. The van der Waals surface area contributed by atoms with Crippen LogP contribution in [0.3, 0.4) is 0 Å². The molecular weight excluding hydrogens is 248 g/mol. The second-order valence-corrected chi connectivity index (χ2v) is 5.31. The summed E-state index contributed by atoms with van der Waals surface area (Å²) in [6, 6.07) is 16.1. The van der Waals surface area contributed by atoms with Crippen molar-refractivity contribution >= 4 is 5.84 Å². The number of hydrogen-bond donors (Lipinski definition) is 2. The van der Waals surface area contributed by atoms with Crippen LogP contribution in [0.15, 0.2) is 53.5 Å². The number of hydrogen-bond acceptors (Lipinski definition) is 3. The van der Waals surface area contributed by atoms with Gasteiger partial charge in [-0.05, 0) is 17.5 Å². The smallest absolute Gasteiger partial charge is 0.173 e. The third-order valence-corrected chi connectivity index (χ3v) is 4.16. The van der Waals surface area contributed by atoms with E-state index in [0.717, 1.165) is 41.8 Å². The Balaban J connectivity index is 2.02. The van der Waals surface area contributed by atoms with E-state index < -0.39 is 5.60 Å². The topological polar surface area (TPSA) is 44.6 Å². The molecule has 3 heteroatoms. The summed E-state index contributed by atoms with van der Waals surface area (Å²) in [4.78, 5) is 4.54. The molecule has 0 amide bonds. The number of nitrogens with zero attached hydrogens (tertiary/aromatic N) is 1. The lowest BCUT2D eigenvalue weighted by atomic mass is 9.89. The highest BCUT2D eigenvalue weighted by Gasteiger charge is 2.45. The van der Waals surface area contributed by atoms with Crippen LogP contribution in [0.2, 0.25) is 0 Å². The first kappa shape index (κ1) is 11.7. The average Bonchev–Trinajstić information content (AvgIpc) is 2.80. The molecule has 1 aliphatic heterocycles. The molecule has 4 rings (SSSR count). The molecule has 20 heavy (non-hydrogen) atoms. The van der Waals surface area contributed by atoms with Gasteiger partial charge in [-0.3, -0.25) is 4.99 Å². The van der Waals surface area contributed by atoms with Gasteiger partial charge in [-0.2, -0.15) is 0 Å². The van der Waals surface area contributed by atoms with E-state index in [1.54, 1.807) is 0 Å². The Morgan fingerprint density at radius 3 is 2.10 bits per heavy atom. The Kier molecular flexibility index (Phi) is 2.44. The molecule has 2 N–H and O–H groups in total. The lowest BCUT2D eigenvalue weighted by Crippen LogP contribution is -2.46. The average molecular weight is 264 g/mol. The standard InChI is InChI=1S/C17H16N2O/c20-17(16-18-10-5-11-19-16)14-8-3-1-6-12(14)13-7-2-4-9-15(13)17/h1-4,6-9,20H,5,10-11H2,(H,18,19). The van der Waals surface area contributed by atoms with Crippen LogP contribution >= 0.6 is 0 Å². The molecule has 0 saturated heterocycles. The van der Waals surface area contributed by atoms with Gasteiger partial charge in [-0.15, -0.1) is 0 Å². The largest absolute Gasteiger partial charge is 0.373 e. The molecule has 2 aromatic carbocycles. The zero-order valence-electron chi connectivity index (χ0n) is 11.1. The van der Waals surface area contributed by atoms with Crippen molar-refractivity contribution in [1.82, 2.24) is 5.32 Å². The summed E-state index contributed by atoms with van der Waals surface area (Å²) in [5.74, 6) is 0.682. The minimum absolute atomic E-state index is 0.682. The van der Waals surface area contributed by atoms with E-state index in [0.29, 0.717) is 5.84 Å². The van der Waals surface area contributed by atoms with Crippen LogP contribution in [0.1, 0.15) is 17.5 Å². The van der Waals surface area contributed by atoms with Gasteiger partial charge < -0.3 is 10.4 Å². The van der Waals surface area contributed by atoms with Gasteiger partial charge in [-0.1, -0.05) is 48.5 Å². The molecule has 100 valence electrons. The second kappa shape index (κ2) is 4.18. The first-order valence-corrected chi connectivity index (χ1v) is 7.02. The van der Waals surface area contributed by atoms with Crippen LogP contribution < -0.4 is 5.32 Å². The zero-order valence-corrected chi connectivity index (χ0v) is 11.1. The minimum atomic E-state index is -1.13. The van der Waals surface area contributed by atoms with Crippen LogP contribution in [0.5, 0.6) is 0 Å². The SMILES string of the molecule is OC1(C2=NCCCN2)c2ccccc2-c2ccccc21. The summed E-state index contributed by atoms with van der Waals surface area (Å²) in [5.41, 5.74) is 2.91. The fourth-order valence-corrected chi connectivity index (χ4v) is 3.24. The highest BCUT2D eigenvalue weighted by Crippen LogP contribution is 2.47. The lowest BCUT2D eigenvalue weighted by Gasteiger charge is -2.30.